The van der Waals surface area contributed by atoms with Crippen molar-refractivity contribution >= 4 is 27.5 Å². The number of halogens is 2. The van der Waals surface area contributed by atoms with Gasteiger partial charge in [0.2, 0.25) is 0 Å². The number of rotatable bonds is 1. The summed E-state index contributed by atoms with van der Waals surface area (Å²) in [5.41, 5.74) is 0.355. The Hall–Kier alpha value is -0.0800. The van der Waals surface area contributed by atoms with Gasteiger partial charge in [0.25, 0.3) is 0 Å². The molecule has 0 saturated heterocycles. The molecule has 3 heteroatoms. The molecule has 0 aliphatic heterocycles. The monoisotopic (exact) mass is 207 g/mol. The first kappa shape index (κ1) is 4.69. The molecule has 0 aliphatic carbocycles. The van der Waals surface area contributed by atoms with E-state index in [1.54, 1.807) is 12.3 Å². The molecular formula is C6H5BrClN. The molecule has 1 heterocycles. The fourth-order valence-electron chi connectivity index (χ4n) is 0.464. The van der Waals surface area contributed by atoms with Crippen LogP contribution in [0.4, 0.5) is 0 Å². The minimum absolute atomic E-state index is 0.355. The highest BCUT2D eigenvalue weighted by Crippen LogP contribution is 2.10. The Bertz CT molecular complexity index is 261. The van der Waals surface area contributed by atoms with Crippen molar-refractivity contribution in [2.75, 3.05) is 0 Å². The van der Waals surface area contributed by atoms with Crippen LogP contribution in [0.25, 0.3) is 0 Å². The van der Waals surface area contributed by atoms with Gasteiger partial charge < -0.3 is 0 Å². The maximum atomic E-state index is 7.14. The van der Waals surface area contributed by atoms with Crippen LogP contribution in [-0.2, 0) is 5.83 Å². The molecule has 0 unspecified atom stereocenters. The fourth-order valence-corrected chi connectivity index (χ4v) is 0.932. The van der Waals surface area contributed by atoms with Crippen molar-refractivity contribution < 1.29 is 2.74 Å². The molecule has 0 aliphatic rings. The molecule has 9 heavy (non-hydrogen) atoms. The van der Waals surface area contributed by atoms with E-state index in [9.17, 15) is 0 Å². The SMILES string of the molecule is [2H]C([2H])(Cl)c1cncc(Br)c1. The van der Waals surface area contributed by atoms with Crippen LogP contribution in [0.3, 0.4) is 0 Å². The van der Waals surface area contributed by atoms with Gasteiger partial charge in [-0.1, -0.05) is 0 Å². The minimum Gasteiger partial charge on any atom is -0.263 e. The number of hydrogen-bond acceptors (Lipinski definition) is 1. The minimum atomic E-state index is -1.84. The fraction of sp³-hybridized carbons (Fsp3) is 0.167. The molecule has 48 valence electrons. The maximum absolute atomic E-state index is 7.14. The van der Waals surface area contributed by atoms with Gasteiger partial charge in [-0.3, -0.25) is 4.98 Å². The Kier molecular flexibility index (Phi) is 1.66. The van der Waals surface area contributed by atoms with Crippen LogP contribution in [-0.4, -0.2) is 4.98 Å². The molecule has 0 spiro atoms. The normalized spacial score (nSPS) is 14.4. The van der Waals surface area contributed by atoms with E-state index in [0.717, 1.165) is 4.47 Å². The van der Waals surface area contributed by atoms with Crippen molar-refractivity contribution in [2.24, 2.45) is 0 Å². The first-order valence-electron chi connectivity index (χ1n) is 3.30. The topological polar surface area (TPSA) is 12.9 Å². The van der Waals surface area contributed by atoms with E-state index in [0.29, 0.717) is 5.56 Å². The van der Waals surface area contributed by atoms with Crippen molar-refractivity contribution in [3.8, 4) is 0 Å². The van der Waals surface area contributed by atoms with E-state index >= 15 is 0 Å². The molecule has 1 nitrogen and oxygen atoms in total. The third kappa shape index (κ3) is 1.95. The zero-order valence-electron chi connectivity index (χ0n) is 6.44. The van der Waals surface area contributed by atoms with E-state index in [-0.39, 0.29) is 0 Å². The van der Waals surface area contributed by atoms with Crippen LogP contribution < -0.4 is 0 Å². The number of aromatic nitrogens is 1. The average Bonchev–Trinajstić information content (AvgIpc) is 1.86. The van der Waals surface area contributed by atoms with Crippen LogP contribution in [0.15, 0.2) is 22.9 Å². The van der Waals surface area contributed by atoms with Crippen molar-refractivity contribution in [1.29, 1.82) is 0 Å². The maximum Gasteiger partial charge on any atom is 0.0489 e. The van der Waals surface area contributed by atoms with Gasteiger partial charge in [0, 0.05) is 25.4 Å². The van der Waals surface area contributed by atoms with Gasteiger partial charge in [-0.25, -0.2) is 0 Å². The van der Waals surface area contributed by atoms with Gasteiger partial charge in [-0.05, 0) is 27.6 Å². The Labute approximate surface area is 70.0 Å². The molecule has 0 bridgehead atoms. The molecular weight excluding hydrogens is 201 g/mol. The van der Waals surface area contributed by atoms with Crippen molar-refractivity contribution in [1.82, 2.24) is 4.98 Å². The molecule has 0 radical (unpaired) electrons. The molecule has 0 N–H and O–H groups in total. The summed E-state index contributed by atoms with van der Waals surface area (Å²) in [5, 5.41) is 0. The van der Waals surface area contributed by atoms with Crippen LogP contribution in [0.1, 0.15) is 8.30 Å². The van der Waals surface area contributed by atoms with Gasteiger partial charge in [-0.2, -0.15) is 0 Å². The molecule has 1 aromatic rings. The highest BCUT2D eigenvalue weighted by Gasteiger charge is 1.89. The molecule has 0 saturated carbocycles. The van der Waals surface area contributed by atoms with Crippen molar-refractivity contribution in [2.45, 2.75) is 5.83 Å². The van der Waals surface area contributed by atoms with E-state index in [2.05, 4.69) is 20.9 Å². The number of pyridine rings is 1. The largest absolute Gasteiger partial charge is 0.263 e. The number of alkyl halides is 1. The van der Waals surface area contributed by atoms with E-state index < -0.39 is 5.83 Å². The van der Waals surface area contributed by atoms with E-state index in [1.807, 2.05) is 0 Å². The Morgan fingerprint density at radius 3 is 3.00 bits per heavy atom. The first-order valence-corrected chi connectivity index (χ1v) is 3.47. The van der Waals surface area contributed by atoms with Crippen molar-refractivity contribution in [3.05, 3.63) is 28.5 Å². The van der Waals surface area contributed by atoms with Crippen LogP contribution >= 0.6 is 27.5 Å². The van der Waals surface area contributed by atoms with Crippen LogP contribution in [0.5, 0.6) is 0 Å². The summed E-state index contributed by atoms with van der Waals surface area (Å²) in [4.78, 5) is 3.78. The lowest BCUT2D eigenvalue weighted by Crippen LogP contribution is -1.78. The lowest BCUT2D eigenvalue weighted by Gasteiger charge is -1.92. The lowest BCUT2D eigenvalue weighted by atomic mass is 10.3. The number of nitrogens with zero attached hydrogens (tertiary/aromatic N) is 1. The van der Waals surface area contributed by atoms with E-state index in [4.69, 9.17) is 14.3 Å². The first-order chi connectivity index (χ1) is 5.00. The second-order valence-electron chi connectivity index (χ2n) is 1.49. The number of hydrogen-bond donors (Lipinski definition) is 0. The third-order valence-electron chi connectivity index (χ3n) is 0.814. The highest BCUT2D eigenvalue weighted by atomic mass is 79.9. The average molecular weight is 208 g/mol. The zero-order chi connectivity index (χ0) is 8.48. The molecule has 1 rings (SSSR count). The molecule has 0 atom stereocenters. The third-order valence-corrected chi connectivity index (χ3v) is 1.47. The standard InChI is InChI=1S/C6H5BrClN/c7-6-1-5(2-8)3-9-4-6/h1,3-4H,2H2/i2D2. The predicted octanol–water partition coefficient (Wildman–Crippen LogP) is 2.58. The highest BCUT2D eigenvalue weighted by molar-refractivity contribution is 9.10. The van der Waals surface area contributed by atoms with Crippen molar-refractivity contribution in [3.63, 3.8) is 0 Å². The Balaban J connectivity index is 3.06. The van der Waals surface area contributed by atoms with Crippen LogP contribution in [0, 0.1) is 0 Å². The van der Waals surface area contributed by atoms with Crippen LogP contribution in [0.2, 0.25) is 0 Å². The summed E-state index contributed by atoms with van der Waals surface area (Å²) in [6, 6.07) is 1.60. The summed E-state index contributed by atoms with van der Waals surface area (Å²) in [6.45, 7) is 0. The Morgan fingerprint density at radius 2 is 2.56 bits per heavy atom. The summed E-state index contributed by atoms with van der Waals surface area (Å²) in [5.74, 6) is -1.84. The molecule has 1 aromatic heterocycles. The quantitative estimate of drug-likeness (QED) is 0.647. The summed E-state index contributed by atoms with van der Waals surface area (Å²) in [6.07, 6.45) is 2.98. The second kappa shape index (κ2) is 3.18. The second-order valence-corrected chi connectivity index (χ2v) is 2.59. The zero-order valence-corrected chi connectivity index (χ0v) is 6.78. The molecule has 0 amide bonds. The smallest absolute Gasteiger partial charge is 0.0489 e. The summed E-state index contributed by atoms with van der Waals surface area (Å²) >= 11 is 8.57. The van der Waals surface area contributed by atoms with Gasteiger partial charge in [-0.15, -0.1) is 11.6 Å². The lowest BCUT2D eigenvalue weighted by molar-refractivity contribution is 1.23. The van der Waals surface area contributed by atoms with Gasteiger partial charge in [0.05, 0.1) is 0 Å². The predicted molar refractivity (Wildman–Crippen MR) is 41.5 cm³/mol. The molecule has 0 aromatic carbocycles. The van der Waals surface area contributed by atoms with E-state index in [1.165, 1.54) is 6.20 Å². The van der Waals surface area contributed by atoms with Gasteiger partial charge >= 0.3 is 0 Å². The van der Waals surface area contributed by atoms with Gasteiger partial charge in [0.15, 0.2) is 0 Å². The van der Waals surface area contributed by atoms with Gasteiger partial charge in [0.1, 0.15) is 0 Å². The molecule has 0 fully saturated rings. The summed E-state index contributed by atoms with van der Waals surface area (Å²) in [7, 11) is 0. The summed E-state index contributed by atoms with van der Waals surface area (Å²) < 4.78 is 15.0. The Morgan fingerprint density at radius 1 is 1.78 bits per heavy atom.